The molecule has 1 atom stereocenters. The molecule has 0 aromatic heterocycles. The highest BCUT2D eigenvalue weighted by molar-refractivity contribution is 5.69. The Bertz CT molecular complexity index is 449. The molecule has 0 aromatic rings. The Morgan fingerprint density at radius 2 is 1.88 bits per heavy atom. The van der Waals surface area contributed by atoms with E-state index in [1.54, 1.807) is 9.80 Å². The van der Waals surface area contributed by atoms with Crippen molar-refractivity contribution in [1.82, 2.24) is 14.7 Å². The molecule has 0 saturated carbocycles. The molecule has 1 aliphatic rings. The Kier molecular flexibility index (Phi) is 8.05. The standard InChI is InChI=1S/C14H24N4O6/c1-16(6-12(20)21)14(2-3-15)8-17(7-13(22)23)4-5-18(9-14)10-24-11-19/h1,11H,2-10,15H2,(H,20,21)(H,22,23). The molecular weight excluding hydrogens is 320 g/mol. The molecule has 0 aromatic carbocycles. The van der Waals surface area contributed by atoms with Gasteiger partial charge in [0.2, 0.25) is 0 Å². The first-order chi connectivity index (χ1) is 11.3. The molecule has 0 bridgehead atoms. The lowest BCUT2D eigenvalue weighted by molar-refractivity contribution is -0.141. The fourth-order valence-electron chi connectivity index (χ4n) is 2.96. The molecule has 1 aliphatic heterocycles. The fraction of sp³-hybridized carbons (Fsp3) is 0.714. The summed E-state index contributed by atoms with van der Waals surface area (Å²) in [5.41, 5.74) is 4.82. The number of hydrogen-bond acceptors (Lipinski definition) is 8. The molecule has 2 radical (unpaired) electrons. The van der Waals surface area contributed by atoms with Crippen molar-refractivity contribution in [2.75, 3.05) is 52.5 Å². The van der Waals surface area contributed by atoms with Crippen molar-refractivity contribution in [2.45, 2.75) is 12.0 Å². The first-order valence-electron chi connectivity index (χ1n) is 7.49. The molecule has 10 heteroatoms. The molecule has 1 unspecified atom stereocenters. The van der Waals surface area contributed by atoms with E-state index in [9.17, 15) is 14.4 Å². The van der Waals surface area contributed by atoms with Crippen molar-refractivity contribution in [3.63, 3.8) is 0 Å². The van der Waals surface area contributed by atoms with Gasteiger partial charge in [-0.3, -0.25) is 29.1 Å². The predicted molar refractivity (Wildman–Crippen MR) is 82.7 cm³/mol. The topological polar surface area (TPSA) is 137 Å². The second-order valence-electron chi connectivity index (χ2n) is 5.83. The zero-order valence-corrected chi connectivity index (χ0v) is 13.5. The minimum atomic E-state index is -1.10. The Balaban J connectivity index is 3.06. The summed E-state index contributed by atoms with van der Waals surface area (Å²) in [7, 11) is 6.01. The number of carboxylic acids is 2. The van der Waals surface area contributed by atoms with Gasteiger partial charge in [0.1, 0.15) is 6.73 Å². The number of carbonyl (C=O) groups excluding carboxylic acids is 1. The number of hydrogen-bond donors (Lipinski definition) is 3. The summed E-state index contributed by atoms with van der Waals surface area (Å²) in [5, 5.41) is 18.1. The van der Waals surface area contributed by atoms with Gasteiger partial charge in [-0.05, 0) is 13.0 Å². The molecular formula is C14H24N4O6. The summed E-state index contributed by atoms with van der Waals surface area (Å²) in [4.78, 5) is 37.2. The van der Waals surface area contributed by atoms with Crippen LogP contribution in [-0.4, -0.2) is 101 Å². The summed E-state index contributed by atoms with van der Waals surface area (Å²) in [5.74, 6) is -2.09. The van der Waals surface area contributed by atoms with E-state index in [1.807, 2.05) is 0 Å². The normalized spacial score (nSPS) is 23.0. The SMILES string of the molecule is [CH]N(CC(=O)O)C1(CCN)CN(COC=O)CCN(CC(=O)O)C1. The fourth-order valence-corrected chi connectivity index (χ4v) is 2.96. The lowest BCUT2D eigenvalue weighted by Gasteiger charge is -2.43. The van der Waals surface area contributed by atoms with E-state index < -0.39 is 24.0 Å². The van der Waals surface area contributed by atoms with Gasteiger partial charge in [-0.1, -0.05) is 0 Å². The predicted octanol–water partition coefficient (Wildman–Crippen LogP) is -2.04. The zero-order chi connectivity index (χ0) is 18.2. The van der Waals surface area contributed by atoms with Crippen LogP contribution in [0.25, 0.3) is 0 Å². The van der Waals surface area contributed by atoms with Crippen LogP contribution in [0, 0.1) is 7.05 Å². The largest absolute Gasteiger partial charge is 0.480 e. The summed E-state index contributed by atoms with van der Waals surface area (Å²) in [6.45, 7) is 1.39. The second-order valence-corrected chi connectivity index (χ2v) is 5.83. The van der Waals surface area contributed by atoms with E-state index in [2.05, 4.69) is 0 Å². The number of nitrogens with zero attached hydrogens (tertiary/aromatic N) is 3. The minimum Gasteiger partial charge on any atom is -0.480 e. The van der Waals surface area contributed by atoms with Crippen molar-refractivity contribution < 1.29 is 29.3 Å². The van der Waals surface area contributed by atoms with Crippen LogP contribution >= 0.6 is 0 Å². The number of aliphatic carboxylic acids is 2. The third-order valence-electron chi connectivity index (χ3n) is 3.98. The van der Waals surface area contributed by atoms with E-state index in [1.165, 1.54) is 4.90 Å². The first kappa shape index (κ1) is 20.3. The number of carbonyl (C=O) groups is 3. The van der Waals surface area contributed by atoms with Gasteiger partial charge in [-0.2, -0.15) is 0 Å². The molecule has 0 aliphatic carbocycles. The van der Waals surface area contributed by atoms with E-state index in [0.29, 0.717) is 32.5 Å². The van der Waals surface area contributed by atoms with Crippen molar-refractivity contribution in [3.8, 4) is 0 Å². The lowest BCUT2D eigenvalue weighted by atomic mass is 9.91. The maximum Gasteiger partial charge on any atom is 0.317 e. The monoisotopic (exact) mass is 344 g/mol. The van der Waals surface area contributed by atoms with Crippen molar-refractivity contribution in [2.24, 2.45) is 5.73 Å². The van der Waals surface area contributed by atoms with Crippen LogP contribution in [0.15, 0.2) is 0 Å². The molecule has 4 N–H and O–H groups in total. The quantitative estimate of drug-likeness (QED) is 0.300. The molecule has 136 valence electrons. The first-order valence-corrected chi connectivity index (χ1v) is 7.49. The van der Waals surface area contributed by atoms with E-state index in [4.69, 9.17) is 27.7 Å². The van der Waals surface area contributed by atoms with E-state index in [-0.39, 0.29) is 26.4 Å². The van der Waals surface area contributed by atoms with Gasteiger partial charge < -0.3 is 20.7 Å². The highest BCUT2D eigenvalue weighted by Crippen LogP contribution is 2.25. The third-order valence-corrected chi connectivity index (χ3v) is 3.98. The number of ether oxygens (including phenoxy) is 1. The van der Waals surface area contributed by atoms with Gasteiger partial charge in [-0.25, -0.2) is 0 Å². The lowest BCUT2D eigenvalue weighted by Crippen LogP contribution is -2.59. The Hall–Kier alpha value is -1.75. The molecule has 1 rings (SSSR count). The summed E-state index contributed by atoms with van der Waals surface area (Å²) < 4.78 is 4.78. The van der Waals surface area contributed by atoms with Gasteiger partial charge in [-0.15, -0.1) is 0 Å². The van der Waals surface area contributed by atoms with Crippen molar-refractivity contribution >= 4 is 18.4 Å². The average Bonchev–Trinajstić information content (AvgIpc) is 2.65. The molecule has 24 heavy (non-hydrogen) atoms. The van der Waals surface area contributed by atoms with Gasteiger partial charge in [0, 0.05) is 38.8 Å². The van der Waals surface area contributed by atoms with Gasteiger partial charge in [0.05, 0.1) is 13.1 Å². The molecule has 0 amide bonds. The summed E-state index contributed by atoms with van der Waals surface area (Å²) >= 11 is 0. The second kappa shape index (κ2) is 9.52. The Morgan fingerprint density at radius 3 is 2.42 bits per heavy atom. The Morgan fingerprint density at radius 1 is 1.25 bits per heavy atom. The molecule has 1 saturated heterocycles. The van der Waals surface area contributed by atoms with Crippen molar-refractivity contribution in [1.29, 1.82) is 0 Å². The van der Waals surface area contributed by atoms with E-state index >= 15 is 0 Å². The van der Waals surface area contributed by atoms with Crippen LogP contribution in [0.2, 0.25) is 0 Å². The molecule has 1 fully saturated rings. The van der Waals surface area contributed by atoms with Crippen LogP contribution in [0.1, 0.15) is 6.42 Å². The molecule has 0 spiro atoms. The maximum atomic E-state index is 11.1. The zero-order valence-electron chi connectivity index (χ0n) is 13.5. The summed E-state index contributed by atoms with van der Waals surface area (Å²) in [6.07, 6.45) is 0.366. The molecule has 10 nitrogen and oxygen atoms in total. The van der Waals surface area contributed by atoms with Crippen LogP contribution in [0.3, 0.4) is 0 Å². The number of nitrogens with two attached hydrogens (primary N) is 1. The average molecular weight is 344 g/mol. The van der Waals surface area contributed by atoms with Gasteiger partial charge >= 0.3 is 11.9 Å². The summed E-state index contributed by atoms with van der Waals surface area (Å²) in [6, 6.07) is 0. The number of rotatable bonds is 10. The minimum absolute atomic E-state index is 0.0116. The van der Waals surface area contributed by atoms with Crippen LogP contribution in [0.5, 0.6) is 0 Å². The van der Waals surface area contributed by atoms with Crippen molar-refractivity contribution in [3.05, 3.63) is 7.05 Å². The third kappa shape index (κ3) is 6.04. The van der Waals surface area contributed by atoms with Crippen LogP contribution in [-0.2, 0) is 19.1 Å². The van der Waals surface area contributed by atoms with Gasteiger partial charge in [0.15, 0.2) is 0 Å². The van der Waals surface area contributed by atoms with Crippen LogP contribution < -0.4 is 5.73 Å². The number of carboxylic acid groups (broad SMARTS) is 2. The highest BCUT2D eigenvalue weighted by atomic mass is 16.5. The highest BCUT2D eigenvalue weighted by Gasteiger charge is 2.41. The smallest absolute Gasteiger partial charge is 0.317 e. The maximum absolute atomic E-state index is 11.1. The Labute approximate surface area is 140 Å². The molecule has 1 heterocycles. The van der Waals surface area contributed by atoms with Gasteiger partial charge in [0.25, 0.3) is 6.47 Å². The van der Waals surface area contributed by atoms with E-state index in [0.717, 1.165) is 0 Å². The van der Waals surface area contributed by atoms with Crippen LogP contribution in [0.4, 0.5) is 0 Å².